The summed E-state index contributed by atoms with van der Waals surface area (Å²) in [4.78, 5) is 16.8. The number of carbonyl (C=O) groups excluding carboxylic acids is 1. The van der Waals surface area contributed by atoms with E-state index in [9.17, 15) is 4.79 Å². The number of fused-ring (bicyclic) bond motifs is 1. The Labute approximate surface area is 107 Å². The van der Waals surface area contributed by atoms with Crippen LogP contribution in [0.1, 0.15) is 24.3 Å². The average molecular weight is 246 g/mol. The first-order valence-corrected chi connectivity index (χ1v) is 6.15. The fourth-order valence-corrected chi connectivity index (χ4v) is 2.12. The first-order chi connectivity index (χ1) is 8.69. The van der Waals surface area contributed by atoms with Crippen LogP contribution < -0.4 is 4.90 Å². The summed E-state index contributed by atoms with van der Waals surface area (Å²) in [5.41, 5.74) is 2.61. The van der Waals surface area contributed by atoms with E-state index in [1.807, 2.05) is 12.1 Å². The minimum Gasteiger partial charge on any atom is -0.464 e. The topological polar surface area (TPSA) is 45.3 Å². The Morgan fingerprint density at radius 3 is 2.61 bits per heavy atom. The molecule has 2 aromatic rings. The molecule has 1 aromatic carbocycles. The van der Waals surface area contributed by atoms with Crippen molar-refractivity contribution in [1.29, 1.82) is 0 Å². The molecule has 0 spiro atoms. The Morgan fingerprint density at radius 2 is 2.00 bits per heavy atom. The molecule has 18 heavy (non-hydrogen) atoms. The zero-order valence-corrected chi connectivity index (χ0v) is 11.0. The lowest BCUT2D eigenvalue weighted by atomic mass is 10.2. The normalized spacial score (nSPS) is 10.6. The molecule has 4 heteroatoms. The number of H-pyrrole nitrogens is 1. The molecule has 1 heterocycles. The Balaban J connectivity index is 2.42. The van der Waals surface area contributed by atoms with Gasteiger partial charge in [0.1, 0.15) is 5.69 Å². The zero-order chi connectivity index (χ0) is 13.1. The van der Waals surface area contributed by atoms with Crippen LogP contribution in [0.25, 0.3) is 10.9 Å². The van der Waals surface area contributed by atoms with E-state index >= 15 is 0 Å². The molecule has 1 aromatic heterocycles. The van der Waals surface area contributed by atoms with E-state index in [1.165, 1.54) is 7.11 Å². The van der Waals surface area contributed by atoms with Crippen molar-refractivity contribution in [3.8, 4) is 0 Å². The molecule has 0 aliphatic heterocycles. The fraction of sp³-hybridized carbons (Fsp3) is 0.357. The molecule has 0 atom stereocenters. The highest BCUT2D eigenvalue weighted by Crippen LogP contribution is 2.22. The average Bonchev–Trinajstić information content (AvgIpc) is 2.82. The van der Waals surface area contributed by atoms with Gasteiger partial charge in [-0.15, -0.1) is 0 Å². The molecule has 0 radical (unpaired) electrons. The number of rotatable bonds is 4. The molecule has 96 valence electrons. The Morgan fingerprint density at radius 1 is 1.28 bits per heavy atom. The SMILES string of the molecule is CCN(CC)c1ccc2cc(C(=O)OC)[nH]c2c1. The van der Waals surface area contributed by atoms with Crippen molar-refractivity contribution in [3.63, 3.8) is 0 Å². The number of anilines is 1. The second-order valence-corrected chi connectivity index (χ2v) is 4.12. The van der Waals surface area contributed by atoms with E-state index in [-0.39, 0.29) is 5.97 Å². The van der Waals surface area contributed by atoms with E-state index < -0.39 is 0 Å². The number of benzene rings is 1. The van der Waals surface area contributed by atoms with Gasteiger partial charge < -0.3 is 14.6 Å². The Bertz CT molecular complexity index is 556. The summed E-state index contributed by atoms with van der Waals surface area (Å²) in [5, 5.41) is 1.02. The van der Waals surface area contributed by atoms with Crippen LogP contribution in [-0.2, 0) is 4.74 Å². The van der Waals surface area contributed by atoms with Crippen LogP contribution in [0.2, 0.25) is 0 Å². The monoisotopic (exact) mass is 246 g/mol. The first kappa shape index (κ1) is 12.5. The Hall–Kier alpha value is -1.97. The largest absolute Gasteiger partial charge is 0.464 e. The van der Waals surface area contributed by atoms with Crippen LogP contribution in [0.5, 0.6) is 0 Å². The number of nitrogens with one attached hydrogen (secondary N) is 1. The molecule has 0 saturated carbocycles. The van der Waals surface area contributed by atoms with Crippen molar-refractivity contribution < 1.29 is 9.53 Å². The lowest BCUT2D eigenvalue weighted by molar-refractivity contribution is 0.0595. The molecule has 0 aliphatic carbocycles. The number of aromatic amines is 1. The van der Waals surface area contributed by atoms with Crippen molar-refractivity contribution in [2.45, 2.75) is 13.8 Å². The van der Waals surface area contributed by atoms with Gasteiger partial charge in [-0.2, -0.15) is 0 Å². The van der Waals surface area contributed by atoms with Crippen LogP contribution >= 0.6 is 0 Å². The predicted molar refractivity (Wildman–Crippen MR) is 73.2 cm³/mol. The van der Waals surface area contributed by atoms with E-state index in [1.54, 1.807) is 0 Å². The molecule has 2 rings (SSSR count). The summed E-state index contributed by atoms with van der Waals surface area (Å²) in [6.07, 6.45) is 0. The highest BCUT2D eigenvalue weighted by molar-refractivity contribution is 5.95. The highest BCUT2D eigenvalue weighted by atomic mass is 16.5. The molecule has 0 unspecified atom stereocenters. The van der Waals surface area contributed by atoms with Gasteiger partial charge in [-0.25, -0.2) is 4.79 Å². The van der Waals surface area contributed by atoms with Gasteiger partial charge in [0.2, 0.25) is 0 Å². The number of hydrogen-bond acceptors (Lipinski definition) is 3. The van der Waals surface area contributed by atoms with Gasteiger partial charge in [-0.05, 0) is 32.0 Å². The molecular formula is C14H18N2O2. The van der Waals surface area contributed by atoms with Gasteiger partial charge in [0, 0.05) is 29.7 Å². The number of methoxy groups -OCH3 is 1. The fourth-order valence-electron chi connectivity index (χ4n) is 2.12. The molecule has 0 bridgehead atoms. The molecular weight excluding hydrogens is 228 g/mol. The number of aromatic nitrogens is 1. The van der Waals surface area contributed by atoms with Crippen LogP contribution in [0.4, 0.5) is 5.69 Å². The molecule has 0 fully saturated rings. The van der Waals surface area contributed by atoms with Gasteiger partial charge in [-0.1, -0.05) is 6.07 Å². The lowest BCUT2D eigenvalue weighted by Crippen LogP contribution is -2.21. The summed E-state index contributed by atoms with van der Waals surface area (Å²) in [7, 11) is 1.38. The number of carbonyl (C=O) groups is 1. The maximum atomic E-state index is 11.5. The quantitative estimate of drug-likeness (QED) is 0.844. The molecule has 0 saturated heterocycles. The van der Waals surface area contributed by atoms with E-state index in [0.29, 0.717) is 5.69 Å². The number of hydrogen-bond donors (Lipinski definition) is 1. The summed E-state index contributed by atoms with van der Waals surface area (Å²) in [5.74, 6) is -0.337. The number of esters is 1. The lowest BCUT2D eigenvalue weighted by Gasteiger charge is -2.20. The van der Waals surface area contributed by atoms with Crippen LogP contribution in [0.15, 0.2) is 24.3 Å². The van der Waals surface area contributed by atoms with E-state index in [0.717, 1.165) is 29.7 Å². The smallest absolute Gasteiger partial charge is 0.354 e. The molecule has 1 N–H and O–H groups in total. The van der Waals surface area contributed by atoms with Gasteiger partial charge in [0.25, 0.3) is 0 Å². The summed E-state index contributed by atoms with van der Waals surface area (Å²) < 4.78 is 4.71. The first-order valence-electron chi connectivity index (χ1n) is 6.15. The molecule has 0 aliphatic rings. The summed E-state index contributed by atoms with van der Waals surface area (Å²) >= 11 is 0. The van der Waals surface area contributed by atoms with Gasteiger partial charge in [-0.3, -0.25) is 0 Å². The van der Waals surface area contributed by atoms with Crippen molar-refractivity contribution in [3.05, 3.63) is 30.0 Å². The molecule has 4 nitrogen and oxygen atoms in total. The second kappa shape index (κ2) is 5.12. The third-order valence-electron chi connectivity index (χ3n) is 3.14. The van der Waals surface area contributed by atoms with Gasteiger partial charge in [0.15, 0.2) is 0 Å². The van der Waals surface area contributed by atoms with Crippen molar-refractivity contribution in [2.75, 3.05) is 25.1 Å². The van der Waals surface area contributed by atoms with Crippen molar-refractivity contribution in [2.24, 2.45) is 0 Å². The summed E-state index contributed by atoms with van der Waals surface area (Å²) in [6.45, 7) is 6.18. The third kappa shape index (κ3) is 2.18. The zero-order valence-electron chi connectivity index (χ0n) is 11.0. The second-order valence-electron chi connectivity index (χ2n) is 4.12. The van der Waals surface area contributed by atoms with Crippen molar-refractivity contribution >= 4 is 22.6 Å². The van der Waals surface area contributed by atoms with Gasteiger partial charge in [0.05, 0.1) is 7.11 Å². The van der Waals surface area contributed by atoms with Crippen LogP contribution in [-0.4, -0.2) is 31.2 Å². The van der Waals surface area contributed by atoms with Crippen molar-refractivity contribution in [1.82, 2.24) is 4.98 Å². The van der Waals surface area contributed by atoms with E-state index in [4.69, 9.17) is 4.74 Å². The Kier molecular flexibility index (Phi) is 3.55. The summed E-state index contributed by atoms with van der Waals surface area (Å²) in [6, 6.07) is 7.97. The minimum atomic E-state index is -0.337. The third-order valence-corrected chi connectivity index (χ3v) is 3.14. The minimum absolute atomic E-state index is 0.337. The van der Waals surface area contributed by atoms with Crippen LogP contribution in [0.3, 0.4) is 0 Å². The maximum absolute atomic E-state index is 11.5. The predicted octanol–water partition coefficient (Wildman–Crippen LogP) is 2.80. The maximum Gasteiger partial charge on any atom is 0.354 e. The standard InChI is InChI=1S/C14H18N2O2/c1-4-16(5-2)11-7-6-10-8-13(14(17)18-3)15-12(10)9-11/h6-9,15H,4-5H2,1-3H3. The van der Waals surface area contributed by atoms with E-state index in [2.05, 4.69) is 35.9 Å². The van der Waals surface area contributed by atoms with Crippen LogP contribution in [0, 0.1) is 0 Å². The highest BCUT2D eigenvalue weighted by Gasteiger charge is 2.10. The number of nitrogens with zero attached hydrogens (tertiary/aromatic N) is 1. The van der Waals surface area contributed by atoms with Gasteiger partial charge >= 0.3 is 5.97 Å². The molecule has 0 amide bonds. The number of ether oxygens (including phenoxy) is 1.